The minimum absolute atomic E-state index is 0.0431. The number of nitrogens with one attached hydrogen (secondary N) is 1. The second-order valence-electron chi connectivity index (χ2n) is 7.79. The number of hydrogen-bond acceptors (Lipinski definition) is 4. The summed E-state index contributed by atoms with van der Waals surface area (Å²) in [4.78, 5) is 12.6. The number of anilines is 1. The second kappa shape index (κ2) is 9.95. The van der Waals surface area contributed by atoms with E-state index in [0.717, 1.165) is 38.2 Å². The number of hydrazone groups is 1. The fourth-order valence-corrected chi connectivity index (χ4v) is 4.68. The van der Waals surface area contributed by atoms with Gasteiger partial charge in [-0.3, -0.25) is 9.10 Å². The third-order valence-electron chi connectivity index (χ3n) is 5.51. The van der Waals surface area contributed by atoms with E-state index in [0.29, 0.717) is 0 Å². The Hall–Kier alpha value is -3.52. The predicted molar refractivity (Wildman–Crippen MR) is 129 cm³/mol. The average Bonchev–Trinajstić information content (AvgIpc) is 2.78. The van der Waals surface area contributed by atoms with E-state index in [1.807, 2.05) is 39.8 Å². The number of nitrogens with zero attached hydrogens (tertiary/aromatic N) is 2. The van der Waals surface area contributed by atoms with Crippen molar-refractivity contribution in [3.8, 4) is 0 Å². The van der Waals surface area contributed by atoms with E-state index in [9.17, 15) is 17.6 Å². The summed E-state index contributed by atoms with van der Waals surface area (Å²) in [6.45, 7) is 7.16. The van der Waals surface area contributed by atoms with Crippen LogP contribution in [0.5, 0.6) is 0 Å². The van der Waals surface area contributed by atoms with Gasteiger partial charge < -0.3 is 0 Å². The van der Waals surface area contributed by atoms with Gasteiger partial charge in [-0.15, -0.1) is 0 Å². The number of carbonyl (C=O) groups is 1. The summed E-state index contributed by atoms with van der Waals surface area (Å²) in [6.07, 6.45) is 1.50. The predicted octanol–water partition coefficient (Wildman–Crippen LogP) is 4.40. The van der Waals surface area contributed by atoms with Gasteiger partial charge in [0, 0.05) is 0 Å². The van der Waals surface area contributed by atoms with Crippen LogP contribution >= 0.6 is 0 Å². The highest BCUT2D eigenvalue weighted by molar-refractivity contribution is 7.92. The number of rotatable bonds is 7. The summed E-state index contributed by atoms with van der Waals surface area (Å²) in [7, 11) is -4.20. The van der Waals surface area contributed by atoms with Gasteiger partial charge in [0.1, 0.15) is 12.4 Å². The molecule has 3 aromatic rings. The summed E-state index contributed by atoms with van der Waals surface area (Å²) in [5.41, 5.74) is 7.14. The molecule has 0 radical (unpaired) electrons. The molecule has 0 heterocycles. The van der Waals surface area contributed by atoms with Crippen LogP contribution in [0.1, 0.15) is 27.8 Å². The molecule has 33 heavy (non-hydrogen) atoms. The molecular formula is C25H26FN3O3S. The molecule has 0 spiro atoms. The molecule has 1 N–H and O–H groups in total. The van der Waals surface area contributed by atoms with Gasteiger partial charge in [-0.25, -0.2) is 18.2 Å². The molecular weight excluding hydrogens is 441 g/mol. The quantitative estimate of drug-likeness (QED) is 0.413. The van der Waals surface area contributed by atoms with Crippen molar-refractivity contribution < 1.29 is 17.6 Å². The molecule has 172 valence electrons. The van der Waals surface area contributed by atoms with E-state index in [4.69, 9.17) is 0 Å². The van der Waals surface area contributed by atoms with E-state index in [2.05, 4.69) is 10.5 Å². The molecule has 0 saturated carbocycles. The van der Waals surface area contributed by atoms with Crippen LogP contribution in [0.3, 0.4) is 0 Å². The van der Waals surface area contributed by atoms with Gasteiger partial charge in [-0.05, 0) is 74.2 Å². The van der Waals surface area contributed by atoms with Crippen LogP contribution < -0.4 is 9.73 Å². The Balaban J connectivity index is 1.86. The zero-order chi connectivity index (χ0) is 24.2. The monoisotopic (exact) mass is 467 g/mol. The van der Waals surface area contributed by atoms with E-state index in [1.165, 1.54) is 36.5 Å². The maximum absolute atomic E-state index is 14.5. The van der Waals surface area contributed by atoms with Gasteiger partial charge in [0.25, 0.3) is 15.9 Å². The minimum atomic E-state index is -4.20. The van der Waals surface area contributed by atoms with E-state index in [-0.39, 0.29) is 10.6 Å². The SMILES string of the molecule is Cc1ccc(S(=O)(=O)N(CC(=O)N/N=C/c2ccc(C)c(C)c2C)c2ccccc2F)cc1. The number of para-hydroxylation sites is 1. The smallest absolute Gasteiger partial charge is 0.264 e. The van der Waals surface area contributed by atoms with Crippen molar-refractivity contribution >= 4 is 27.8 Å². The molecule has 0 aliphatic carbocycles. The largest absolute Gasteiger partial charge is 0.271 e. The molecule has 3 rings (SSSR count). The number of halogens is 1. The summed E-state index contributed by atoms with van der Waals surface area (Å²) in [6, 6.07) is 15.4. The van der Waals surface area contributed by atoms with Crippen LogP contribution in [0.25, 0.3) is 0 Å². The van der Waals surface area contributed by atoms with E-state index < -0.39 is 28.3 Å². The molecule has 8 heteroatoms. The van der Waals surface area contributed by atoms with Crippen molar-refractivity contribution in [1.82, 2.24) is 5.43 Å². The standard InChI is InChI=1S/C25H26FN3O3S/c1-17-9-13-22(14-10-17)33(31,32)29(24-8-6-5-7-23(24)26)16-25(30)28-27-15-21-12-11-18(2)19(3)20(21)4/h5-15H,16H2,1-4H3,(H,28,30)/b27-15+. The molecule has 1 amide bonds. The summed E-state index contributed by atoms with van der Waals surface area (Å²) in [5, 5.41) is 3.97. The molecule has 6 nitrogen and oxygen atoms in total. The van der Waals surface area contributed by atoms with Gasteiger partial charge in [-0.2, -0.15) is 5.10 Å². The molecule has 3 aromatic carbocycles. The van der Waals surface area contributed by atoms with Crippen molar-refractivity contribution in [2.45, 2.75) is 32.6 Å². The Morgan fingerprint density at radius 3 is 2.30 bits per heavy atom. The van der Waals surface area contributed by atoms with Gasteiger partial charge >= 0.3 is 0 Å². The normalized spacial score (nSPS) is 11.5. The molecule has 0 aliphatic rings. The highest BCUT2D eigenvalue weighted by atomic mass is 32.2. The zero-order valence-electron chi connectivity index (χ0n) is 19.0. The Kier molecular flexibility index (Phi) is 7.28. The number of aryl methyl sites for hydroxylation is 2. The Labute approximate surface area is 193 Å². The van der Waals surface area contributed by atoms with Crippen LogP contribution in [0.15, 0.2) is 70.7 Å². The first-order chi connectivity index (χ1) is 15.6. The second-order valence-corrected chi connectivity index (χ2v) is 9.65. The highest BCUT2D eigenvalue weighted by Gasteiger charge is 2.29. The number of hydrogen-bond donors (Lipinski definition) is 1. The van der Waals surface area contributed by atoms with Crippen LogP contribution in [-0.4, -0.2) is 27.1 Å². The molecule has 0 aromatic heterocycles. The van der Waals surface area contributed by atoms with E-state index >= 15 is 0 Å². The lowest BCUT2D eigenvalue weighted by molar-refractivity contribution is -0.119. The average molecular weight is 468 g/mol. The molecule has 0 bridgehead atoms. The van der Waals surface area contributed by atoms with Crippen LogP contribution in [0.4, 0.5) is 10.1 Å². The fraction of sp³-hybridized carbons (Fsp3) is 0.200. The lowest BCUT2D eigenvalue weighted by atomic mass is 10.00. The van der Waals surface area contributed by atoms with Crippen LogP contribution in [0, 0.1) is 33.5 Å². The van der Waals surface area contributed by atoms with Gasteiger partial charge in [-0.1, -0.05) is 42.0 Å². The van der Waals surface area contributed by atoms with E-state index in [1.54, 1.807) is 12.1 Å². The maximum Gasteiger partial charge on any atom is 0.264 e. The van der Waals surface area contributed by atoms with Crippen molar-refractivity contribution in [2.75, 3.05) is 10.8 Å². The molecule has 0 saturated heterocycles. The Morgan fingerprint density at radius 1 is 0.970 bits per heavy atom. The lowest BCUT2D eigenvalue weighted by Crippen LogP contribution is -2.40. The summed E-state index contributed by atoms with van der Waals surface area (Å²) < 4.78 is 41.8. The number of sulfonamides is 1. The Morgan fingerprint density at radius 2 is 1.64 bits per heavy atom. The zero-order valence-corrected chi connectivity index (χ0v) is 19.8. The van der Waals surface area contributed by atoms with Crippen LogP contribution in [-0.2, 0) is 14.8 Å². The first-order valence-electron chi connectivity index (χ1n) is 10.3. The van der Waals surface area contributed by atoms with Crippen molar-refractivity contribution in [1.29, 1.82) is 0 Å². The van der Waals surface area contributed by atoms with Crippen molar-refractivity contribution in [3.05, 3.63) is 94.3 Å². The molecule has 0 aliphatic heterocycles. The third-order valence-corrected chi connectivity index (χ3v) is 7.28. The Bertz CT molecular complexity index is 1300. The highest BCUT2D eigenvalue weighted by Crippen LogP contribution is 2.26. The lowest BCUT2D eigenvalue weighted by Gasteiger charge is -2.24. The molecule has 0 atom stereocenters. The van der Waals surface area contributed by atoms with Crippen LogP contribution in [0.2, 0.25) is 0 Å². The summed E-state index contributed by atoms with van der Waals surface area (Å²) in [5.74, 6) is -1.46. The topological polar surface area (TPSA) is 78.8 Å². The van der Waals surface area contributed by atoms with Gasteiger partial charge in [0.2, 0.25) is 0 Å². The number of carbonyl (C=O) groups excluding carboxylic acids is 1. The van der Waals surface area contributed by atoms with Gasteiger partial charge in [0.15, 0.2) is 0 Å². The van der Waals surface area contributed by atoms with Crippen molar-refractivity contribution in [3.63, 3.8) is 0 Å². The van der Waals surface area contributed by atoms with Gasteiger partial charge in [0.05, 0.1) is 16.8 Å². The number of amides is 1. The summed E-state index contributed by atoms with van der Waals surface area (Å²) >= 11 is 0. The molecule has 0 unspecified atom stereocenters. The first-order valence-corrected chi connectivity index (χ1v) is 11.8. The fourth-order valence-electron chi connectivity index (χ4n) is 3.25. The number of benzene rings is 3. The van der Waals surface area contributed by atoms with Crippen molar-refractivity contribution in [2.24, 2.45) is 5.10 Å². The first kappa shape index (κ1) is 24.1. The minimum Gasteiger partial charge on any atom is -0.271 e. The maximum atomic E-state index is 14.5. The third kappa shape index (κ3) is 5.46. The molecule has 0 fully saturated rings.